The van der Waals surface area contributed by atoms with Crippen molar-refractivity contribution >= 4 is 35.8 Å². The van der Waals surface area contributed by atoms with Gasteiger partial charge in [0, 0.05) is 51.9 Å². The summed E-state index contributed by atoms with van der Waals surface area (Å²) in [7, 11) is 4.27. The van der Waals surface area contributed by atoms with Gasteiger partial charge in [-0.2, -0.15) is 0 Å². The van der Waals surface area contributed by atoms with Crippen LogP contribution >= 0.6 is 24.0 Å². The van der Waals surface area contributed by atoms with Gasteiger partial charge in [0.1, 0.15) is 0 Å². The molecule has 186 valence electrons. The van der Waals surface area contributed by atoms with Crippen molar-refractivity contribution < 1.29 is 4.79 Å². The van der Waals surface area contributed by atoms with Crippen molar-refractivity contribution in [2.75, 3.05) is 66.5 Å². The van der Waals surface area contributed by atoms with Crippen LogP contribution in [0.1, 0.15) is 32.3 Å². The molecule has 8 heteroatoms. The molecule has 2 atom stereocenters. The second-order valence-corrected chi connectivity index (χ2v) is 9.23. The van der Waals surface area contributed by atoms with Crippen LogP contribution in [0.4, 0.5) is 0 Å². The maximum atomic E-state index is 12.8. The van der Waals surface area contributed by atoms with Crippen LogP contribution in [-0.2, 0) is 11.2 Å². The first-order valence-corrected chi connectivity index (χ1v) is 12.3. The number of likely N-dealkylation sites (N-methyl/N-ethyl adjacent to an activating group) is 1. The Morgan fingerprint density at radius 2 is 1.67 bits per heavy atom. The number of nitrogens with one attached hydrogen (secondary N) is 1. The third-order valence-electron chi connectivity index (χ3n) is 6.77. The monoisotopic (exact) mass is 570 g/mol. The highest BCUT2D eigenvalue weighted by molar-refractivity contribution is 14.0. The molecule has 2 aliphatic heterocycles. The zero-order valence-corrected chi connectivity index (χ0v) is 23.2. The standard InChI is InChI=1S/C25H42N6O.HI/c1-5-26-25(27-20-23(28(3)4)19-22-11-7-6-8-12-22)31-17-15-29(16-18-31)21(2)24(32)30-13-9-10-14-30;/h6-8,11-12,21,23H,5,9-10,13-20H2,1-4H3,(H,26,27);1H. The Bertz CT molecular complexity index is 730. The van der Waals surface area contributed by atoms with Crippen LogP contribution in [0.5, 0.6) is 0 Å². The SMILES string of the molecule is CCNC(=NCC(Cc1ccccc1)N(C)C)N1CCN(C(C)C(=O)N2CCCC2)CC1.I. The van der Waals surface area contributed by atoms with Crippen LogP contribution in [0.25, 0.3) is 0 Å². The van der Waals surface area contributed by atoms with Crippen LogP contribution in [0.3, 0.4) is 0 Å². The lowest BCUT2D eigenvalue weighted by atomic mass is 10.1. The summed E-state index contributed by atoms with van der Waals surface area (Å²) >= 11 is 0. The van der Waals surface area contributed by atoms with E-state index >= 15 is 0 Å². The van der Waals surface area contributed by atoms with E-state index in [-0.39, 0.29) is 30.0 Å². The molecule has 3 rings (SSSR count). The number of likely N-dealkylation sites (tertiary alicyclic amines) is 1. The fraction of sp³-hybridized carbons (Fsp3) is 0.680. The molecule has 2 fully saturated rings. The summed E-state index contributed by atoms with van der Waals surface area (Å²) in [6.07, 6.45) is 3.28. The minimum Gasteiger partial charge on any atom is -0.357 e. The van der Waals surface area contributed by atoms with Crippen LogP contribution < -0.4 is 5.32 Å². The molecule has 1 aromatic rings. The maximum absolute atomic E-state index is 12.8. The summed E-state index contributed by atoms with van der Waals surface area (Å²) in [6.45, 7) is 11.2. The summed E-state index contributed by atoms with van der Waals surface area (Å²) in [5, 5.41) is 3.49. The molecule has 2 unspecified atom stereocenters. The second-order valence-electron chi connectivity index (χ2n) is 9.23. The lowest BCUT2D eigenvalue weighted by Crippen LogP contribution is -2.57. The van der Waals surface area contributed by atoms with Gasteiger partial charge < -0.3 is 20.0 Å². The van der Waals surface area contributed by atoms with E-state index in [1.807, 2.05) is 4.90 Å². The number of nitrogens with zero attached hydrogens (tertiary/aromatic N) is 5. The predicted octanol–water partition coefficient (Wildman–Crippen LogP) is 2.37. The molecule has 0 spiro atoms. The second kappa shape index (κ2) is 14.1. The van der Waals surface area contributed by atoms with Gasteiger partial charge in [-0.05, 0) is 52.8 Å². The van der Waals surface area contributed by atoms with E-state index in [0.29, 0.717) is 11.9 Å². The van der Waals surface area contributed by atoms with E-state index in [2.05, 4.69) is 78.3 Å². The Balaban J connectivity index is 0.00000385. The highest BCUT2D eigenvalue weighted by Crippen LogP contribution is 2.14. The number of carbonyl (C=O) groups is 1. The first-order valence-electron chi connectivity index (χ1n) is 12.3. The summed E-state index contributed by atoms with van der Waals surface area (Å²) in [6, 6.07) is 11.0. The predicted molar refractivity (Wildman–Crippen MR) is 147 cm³/mol. The van der Waals surface area contributed by atoms with Crippen molar-refractivity contribution in [2.45, 2.75) is 45.2 Å². The van der Waals surface area contributed by atoms with Crippen molar-refractivity contribution in [1.82, 2.24) is 24.9 Å². The van der Waals surface area contributed by atoms with Crippen molar-refractivity contribution in [3.8, 4) is 0 Å². The van der Waals surface area contributed by atoms with Crippen LogP contribution in [0, 0.1) is 0 Å². The van der Waals surface area contributed by atoms with Crippen molar-refractivity contribution in [1.29, 1.82) is 0 Å². The van der Waals surface area contributed by atoms with Gasteiger partial charge in [-0.1, -0.05) is 30.3 Å². The molecule has 0 aromatic heterocycles. The number of guanidine groups is 1. The van der Waals surface area contributed by atoms with E-state index in [9.17, 15) is 4.79 Å². The zero-order chi connectivity index (χ0) is 22.9. The van der Waals surface area contributed by atoms with E-state index in [1.54, 1.807) is 0 Å². The highest BCUT2D eigenvalue weighted by Gasteiger charge is 2.30. The number of amides is 1. The van der Waals surface area contributed by atoms with Gasteiger partial charge >= 0.3 is 0 Å². The summed E-state index contributed by atoms with van der Waals surface area (Å²) in [5.74, 6) is 1.29. The molecule has 0 saturated carbocycles. The third kappa shape index (κ3) is 8.10. The number of piperazine rings is 1. The third-order valence-corrected chi connectivity index (χ3v) is 6.77. The van der Waals surface area contributed by atoms with E-state index in [1.165, 1.54) is 5.56 Å². The molecule has 1 amide bonds. The lowest BCUT2D eigenvalue weighted by Gasteiger charge is -2.39. The Morgan fingerprint density at radius 1 is 1.03 bits per heavy atom. The number of aliphatic imine (C=N–C) groups is 1. The van der Waals surface area contributed by atoms with E-state index in [4.69, 9.17) is 4.99 Å². The van der Waals surface area contributed by atoms with Crippen LogP contribution in [0.2, 0.25) is 0 Å². The first kappa shape index (κ1) is 27.9. The van der Waals surface area contributed by atoms with E-state index < -0.39 is 0 Å². The molecule has 7 nitrogen and oxygen atoms in total. The summed E-state index contributed by atoms with van der Waals surface area (Å²) in [4.78, 5) is 26.8. The molecule has 0 bridgehead atoms. The number of hydrogen-bond acceptors (Lipinski definition) is 4. The molecule has 0 aliphatic carbocycles. The Kier molecular flexibility index (Phi) is 11.9. The quantitative estimate of drug-likeness (QED) is 0.296. The number of carbonyl (C=O) groups excluding carboxylic acids is 1. The van der Waals surface area contributed by atoms with Gasteiger partial charge in [0.2, 0.25) is 5.91 Å². The van der Waals surface area contributed by atoms with Gasteiger partial charge in [0.15, 0.2) is 5.96 Å². The first-order chi connectivity index (χ1) is 15.5. The number of halogens is 1. The molecule has 2 aliphatic rings. The Labute approximate surface area is 217 Å². The fourth-order valence-electron chi connectivity index (χ4n) is 4.59. The normalized spacial score (nSPS) is 19.4. The molecule has 2 saturated heterocycles. The average Bonchev–Trinajstić information content (AvgIpc) is 3.35. The minimum absolute atomic E-state index is 0. The van der Waals surface area contributed by atoms with Gasteiger partial charge in [0.25, 0.3) is 0 Å². The molecule has 1 N–H and O–H groups in total. The highest BCUT2D eigenvalue weighted by atomic mass is 127. The average molecular weight is 571 g/mol. The molecule has 33 heavy (non-hydrogen) atoms. The number of rotatable bonds is 8. The van der Waals surface area contributed by atoms with Gasteiger partial charge in [-0.3, -0.25) is 14.7 Å². The zero-order valence-electron chi connectivity index (χ0n) is 20.9. The van der Waals surface area contributed by atoms with Crippen molar-refractivity contribution in [2.24, 2.45) is 4.99 Å². The molecular formula is C25H43IN6O. The number of benzene rings is 1. The molecule has 1 aromatic carbocycles. The Hall–Kier alpha value is -1.39. The Morgan fingerprint density at radius 3 is 2.24 bits per heavy atom. The largest absolute Gasteiger partial charge is 0.357 e. The number of hydrogen-bond donors (Lipinski definition) is 1. The van der Waals surface area contributed by atoms with Gasteiger partial charge in [-0.15, -0.1) is 24.0 Å². The molecular weight excluding hydrogens is 527 g/mol. The van der Waals surface area contributed by atoms with Crippen molar-refractivity contribution in [3.63, 3.8) is 0 Å². The molecule has 0 radical (unpaired) electrons. The van der Waals surface area contributed by atoms with E-state index in [0.717, 1.165) is 77.6 Å². The fourth-order valence-corrected chi connectivity index (χ4v) is 4.59. The van der Waals surface area contributed by atoms with Crippen LogP contribution in [0.15, 0.2) is 35.3 Å². The van der Waals surface area contributed by atoms with Gasteiger partial charge in [0.05, 0.1) is 12.6 Å². The summed E-state index contributed by atoms with van der Waals surface area (Å²) < 4.78 is 0. The lowest BCUT2D eigenvalue weighted by molar-refractivity contribution is -0.135. The smallest absolute Gasteiger partial charge is 0.239 e. The molecule has 2 heterocycles. The topological polar surface area (TPSA) is 54.4 Å². The van der Waals surface area contributed by atoms with Gasteiger partial charge in [-0.25, -0.2) is 0 Å². The maximum Gasteiger partial charge on any atom is 0.239 e. The minimum atomic E-state index is -0.0289. The van der Waals surface area contributed by atoms with Crippen LogP contribution in [-0.4, -0.2) is 110 Å². The summed E-state index contributed by atoms with van der Waals surface area (Å²) in [5.41, 5.74) is 1.34. The van der Waals surface area contributed by atoms with Crippen molar-refractivity contribution in [3.05, 3.63) is 35.9 Å².